The highest BCUT2D eigenvalue weighted by Gasteiger charge is 2.43. The van der Waals surface area contributed by atoms with Crippen LogP contribution in [0.5, 0.6) is 5.75 Å². The summed E-state index contributed by atoms with van der Waals surface area (Å²) in [5.41, 5.74) is 4.36. The van der Waals surface area contributed by atoms with Crippen LogP contribution in [0.3, 0.4) is 0 Å². The van der Waals surface area contributed by atoms with Crippen molar-refractivity contribution in [3.63, 3.8) is 0 Å². The molecule has 2 fully saturated rings. The van der Waals surface area contributed by atoms with Crippen molar-refractivity contribution >= 4 is 23.3 Å². The average Bonchev–Trinajstić information content (AvgIpc) is 3.62. The number of piperidine rings is 1. The second-order valence-corrected chi connectivity index (χ2v) is 10.2. The average molecular weight is 506 g/mol. The molecule has 1 unspecified atom stereocenters. The summed E-state index contributed by atoms with van der Waals surface area (Å²) in [6.07, 6.45) is 14.1. The lowest BCUT2D eigenvalue weighted by Gasteiger charge is -2.39. The number of fused-ring (bicyclic) bond motifs is 3. The van der Waals surface area contributed by atoms with Crippen LogP contribution in [-0.4, -0.2) is 54.2 Å². The standard InChI is InChI=1S/C27H28ClN5O3/c1-36-25-12-19(15-34)22(13-23(25)28)24-14-31-6-4-17(11-26(31)30-24)8-18-9-20-2-3-21(10-18)33(20)27(35)32-7-5-29-16-32/h4-7,11-14,16,18,20-21,34H,2-3,8-10,15H2,1H3/t18?,20-,21+. The Morgan fingerprint density at radius 3 is 2.69 bits per heavy atom. The number of aromatic nitrogens is 4. The summed E-state index contributed by atoms with van der Waals surface area (Å²) in [6, 6.07) is 8.47. The maximum atomic E-state index is 13.0. The third-order valence-electron chi connectivity index (χ3n) is 7.65. The second-order valence-electron chi connectivity index (χ2n) is 9.81. The Morgan fingerprint density at radius 1 is 1.19 bits per heavy atom. The van der Waals surface area contributed by atoms with Gasteiger partial charge in [0.05, 0.1) is 24.4 Å². The van der Waals surface area contributed by atoms with Crippen LogP contribution in [0.4, 0.5) is 4.79 Å². The minimum atomic E-state index is -0.133. The molecule has 1 N–H and O–H groups in total. The number of amides is 1. The van der Waals surface area contributed by atoms with Crippen LogP contribution in [0, 0.1) is 5.92 Å². The third-order valence-corrected chi connectivity index (χ3v) is 7.95. The Balaban J connectivity index is 1.20. The number of aliphatic hydroxyl groups is 1. The number of pyridine rings is 1. The normalized spacial score (nSPS) is 21.3. The lowest BCUT2D eigenvalue weighted by Crippen LogP contribution is -2.48. The van der Waals surface area contributed by atoms with Crippen LogP contribution >= 0.6 is 11.6 Å². The summed E-state index contributed by atoms with van der Waals surface area (Å²) in [7, 11) is 1.56. The van der Waals surface area contributed by atoms with Crippen LogP contribution in [0.2, 0.25) is 5.02 Å². The molecule has 2 bridgehead atoms. The van der Waals surface area contributed by atoms with Crippen LogP contribution in [0.1, 0.15) is 36.8 Å². The van der Waals surface area contributed by atoms with Gasteiger partial charge in [-0.25, -0.2) is 14.8 Å². The largest absolute Gasteiger partial charge is 0.495 e. The number of methoxy groups -OCH3 is 1. The van der Waals surface area contributed by atoms with Gasteiger partial charge in [0.15, 0.2) is 0 Å². The van der Waals surface area contributed by atoms with Gasteiger partial charge in [0.1, 0.15) is 17.7 Å². The fourth-order valence-electron chi connectivity index (χ4n) is 6.01. The van der Waals surface area contributed by atoms with Crippen LogP contribution in [0.15, 0.2) is 55.4 Å². The van der Waals surface area contributed by atoms with Gasteiger partial charge >= 0.3 is 6.03 Å². The SMILES string of the molecule is COc1cc(CO)c(-c2cn3ccc(CC4C[C@H]5CC[C@@H](C4)N5C(=O)n4ccnc4)cc3n2)cc1Cl. The molecule has 186 valence electrons. The van der Waals surface area contributed by atoms with E-state index in [2.05, 4.69) is 22.0 Å². The number of carbonyl (C=O) groups excluding carboxylic acids is 1. The lowest BCUT2D eigenvalue weighted by atomic mass is 9.86. The molecule has 3 atom stereocenters. The first-order valence-electron chi connectivity index (χ1n) is 12.3. The van der Waals surface area contributed by atoms with Gasteiger partial charge < -0.3 is 19.1 Å². The predicted molar refractivity (Wildman–Crippen MR) is 136 cm³/mol. The van der Waals surface area contributed by atoms with Crippen molar-refractivity contribution in [2.45, 2.75) is 50.8 Å². The molecule has 8 nitrogen and oxygen atoms in total. The van der Waals surface area contributed by atoms with Gasteiger partial charge in [-0.15, -0.1) is 0 Å². The number of hydrogen-bond donors (Lipinski definition) is 1. The molecule has 36 heavy (non-hydrogen) atoms. The van der Waals surface area contributed by atoms with Crippen molar-refractivity contribution in [3.05, 3.63) is 71.5 Å². The maximum Gasteiger partial charge on any atom is 0.329 e. The molecule has 1 amide bonds. The van der Waals surface area contributed by atoms with E-state index >= 15 is 0 Å². The molecule has 0 spiro atoms. The number of ether oxygens (including phenoxy) is 1. The number of rotatable bonds is 5. The van der Waals surface area contributed by atoms with E-state index < -0.39 is 0 Å². The number of carbonyl (C=O) groups is 1. The highest BCUT2D eigenvalue weighted by atomic mass is 35.5. The number of imidazole rings is 2. The molecule has 0 aliphatic carbocycles. The highest BCUT2D eigenvalue weighted by Crippen LogP contribution is 2.40. The molecule has 6 rings (SSSR count). The molecule has 1 aromatic carbocycles. The van der Waals surface area contributed by atoms with Gasteiger partial charge in [-0.3, -0.25) is 4.57 Å². The number of hydrogen-bond acceptors (Lipinski definition) is 5. The second kappa shape index (κ2) is 9.26. The number of aliphatic hydroxyl groups excluding tert-OH is 1. The highest BCUT2D eigenvalue weighted by molar-refractivity contribution is 6.32. The topological polar surface area (TPSA) is 84.9 Å². The van der Waals surface area contributed by atoms with Crippen molar-refractivity contribution in [3.8, 4) is 17.0 Å². The molecule has 2 aliphatic heterocycles. The van der Waals surface area contributed by atoms with Crippen molar-refractivity contribution in [1.29, 1.82) is 0 Å². The minimum Gasteiger partial charge on any atom is -0.495 e. The molecular weight excluding hydrogens is 478 g/mol. The Kier molecular flexibility index (Phi) is 5.93. The molecule has 0 radical (unpaired) electrons. The Morgan fingerprint density at radius 2 is 2.00 bits per heavy atom. The van der Waals surface area contributed by atoms with Gasteiger partial charge in [-0.2, -0.15) is 0 Å². The first kappa shape index (κ1) is 23.1. The van der Waals surface area contributed by atoms with Gasteiger partial charge in [-0.05, 0) is 73.4 Å². The van der Waals surface area contributed by atoms with Crippen LogP contribution in [0.25, 0.3) is 16.9 Å². The van der Waals surface area contributed by atoms with E-state index in [9.17, 15) is 9.90 Å². The van der Waals surface area contributed by atoms with E-state index in [0.717, 1.165) is 49.0 Å². The van der Waals surface area contributed by atoms with E-state index in [1.807, 2.05) is 16.8 Å². The van der Waals surface area contributed by atoms with Gasteiger partial charge in [0, 0.05) is 42.4 Å². The monoisotopic (exact) mass is 505 g/mol. The Bertz CT molecular complexity index is 1400. The zero-order chi connectivity index (χ0) is 24.8. The van der Waals surface area contributed by atoms with Crippen molar-refractivity contribution in [1.82, 2.24) is 23.8 Å². The predicted octanol–water partition coefficient (Wildman–Crippen LogP) is 4.81. The summed E-state index contributed by atoms with van der Waals surface area (Å²) < 4.78 is 8.87. The van der Waals surface area contributed by atoms with Crippen molar-refractivity contribution in [2.24, 2.45) is 5.92 Å². The summed E-state index contributed by atoms with van der Waals surface area (Å²) in [4.78, 5) is 23.9. The minimum absolute atomic E-state index is 0.0469. The summed E-state index contributed by atoms with van der Waals surface area (Å²) >= 11 is 6.36. The van der Waals surface area contributed by atoms with Crippen LogP contribution in [-0.2, 0) is 13.0 Å². The molecular formula is C27H28ClN5O3. The first-order valence-corrected chi connectivity index (χ1v) is 12.7. The molecule has 4 aromatic rings. The van der Waals surface area contributed by atoms with E-state index in [4.69, 9.17) is 21.3 Å². The molecule has 2 saturated heterocycles. The third kappa shape index (κ3) is 4.04. The van der Waals surface area contributed by atoms with Crippen LogP contribution < -0.4 is 4.74 Å². The maximum absolute atomic E-state index is 13.0. The summed E-state index contributed by atoms with van der Waals surface area (Å²) in [6.45, 7) is -0.133. The van der Waals surface area contributed by atoms with E-state index in [1.54, 1.807) is 42.5 Å². The fourth-order valence-corrected chi connectivity index (χ4v) is 6.25. The molecule has 9 heteroatoms. The van der Waals surface area contributed by atoms with Gasteiger partial charge in [0.25, 0.3) is 0 Å². The number of nitrogens with zero attached hydrogens (tertiary/aromatic N) is 5. The van der Waals surface area contributed by atoms with E-state index in [-0.39, 0.29) is 12.6 Å². The first-order chi connectivity index (χ1) is 17.5. The van der Waals surface area contributed by atoms with E-state index in [1.165, 1.54) is 5.56 Å². The van der Waals surface area contributed by atoms with Crippen molar-refractivity contribution in [2.75, 3.05) is 7.11 Å². The summed E-state index contributed by atoms with van der Waals surface area (Å²) in [5.74, 6) is 1.06. The van der Waals surface area contributed by atoms with Gasteiger partial charge in [0.2, 0.25) is 0 Å². The van der Waals surface area contributed by atoms with E-state index in [0.29, 0.717) is 34.3 Å². The Hall–Kier alpha value is -3.36. The van der Waals surface area contributed by atoms with Gasteiger partial charge in [-0.1, -0.05) is 11.6 Å². The quantitative estimate of drug-likeness (QED) is 0.421. The Labute approximate surface area is 214 Å². The number of halogens is 1. The fraction of sp³-hybridized carbons (Fsp3) is 0.370. The summed E-state index contributed by atoms with van der Waals surface area (Å²) in [5, 5.41) is 10.4. The molecule has 5 heterocycles. The zero-order valence-electron chi connectivity index (χ0n) is 20.0. The smallest absolute Gasteiger partial charge is 0.329 e. The molecule has 0 saturated carbocycles. The lowest BCUT2D eigenvalue weighted by molar-refractivity contribution is 0.122. The zero-order valence-corrected chi connectivity index (χ0v) is 20.8. The molecule has 3 aromatic heterocycles. The van der Waals surface area contributed by atoms with Crippen molar-refractivity contribution < 1.29 is 14.6 Å². The molecule has 2 aliphatic rings. The number of benzene rings is 1.